The fraction of sp³-hybridized carbons (Fsp3) is 0.364. The average Bonchev–Trinajstić information content (AvgIpc) is 3.05. The molecule has 4 heterocycles. The van der Waals surface area contributed by atoms with Crippen molar-refractivity contribution in [1.82, 2.24) is 24.2 Å². The number of fused-ring (bicyclic) bond motifs is 1. The number of benzene rings is 1. The SMILES string of the molecule is CN1c2nn(-c3ccccc3)c(=O)c(=O)n2CC12CCN(Cc1cccnc1)CC2. The molecule has 0 aliphatic carbocycles. The Balaban J connectivity index is 1.41. The number of likely N-dealkylation sites (N-methyl/N-ethyl adjacent to an activating group) is 1. The lowest BCUT2D eigenvalue weighted by molar-refractivity contribution is 0.149. The summed E-state index contributed by atoms with van der Waals surface area (Å²) in [7, 11) is 1.99. The molecule has 0 radical (unpaired) electrons. The van der Waals surface area contributed by atoms with E-state index in [2.05, 4.69) is 25.9 Å². The maximum atomic E-state index is 12.9. The van der Waals surface area contributed by atoms with Crippen molar-refractivity contribution in [3.05, 3.63) is 81.1 Å². The number of hydrogen-bond donors (Lipinski definition) is 0. The van der Waals surface area contributed by atoms with Gasteiger partial charge in [-0.25, -0.2) is 0 Å². The van der Waals surface area contributed by atoms with Crippen molar-refractivity contribution in [2.75, 3.05) is 25.0 Å². The van der Waals surface area contributed by atoms with Crippen LogP contribution in [-0.4, -0.2) is 49.9 Å². The summed E-state index contributed by atoms with van der Waals surface area (Å²) in [6.45, 7) is 3.23. The zero-order chi connectivity index (χ0) is 20.7. The van der Waals surface area contributed by atoms with E-state index in [0.29, 0.717) is 18.2 Å². The van der Waals surface area contributed by atoms with E-state index in [9.17, 15) is 9.59 Å². The molecule has 1 aromatic carbocycles. The molecular formula is C22H24N6O2. The zero-order valence-corrected chi connectivity index (χ0v) is 16.9. The van der Waals surface area contributed by atoms with Gasteiger partial charge in [-0.3, -0.25) is 24.0 Å². The Morgan fingerprint density at radius 1 is 1.00 bits per heavy atom. The van der Waals surface area contributed by atoms with Crippen molar-refractivity contribution in [1.29, 1.82) is 0 Å². The van der Waals surface area contributed by atoms with Crippen molar-refractivity contribution in [3.63, 3.8) is 0 Å². The Bertz CT molecular complexity index is 1160. The molecule has 0 N–H and O–H groups in total. The van der Waals surface area contributed by atoms with E-state index in [1.807, 2.05) is 37.5 Å². The van der Waals surface area contributed by atoms with Crippen LogP contribution in [0.1, 0.15) is 18.4 Å². The van der Waals surface area contributed by atoms with Crippen molar-refractivity contribution >= 4 is 5.95 Å². The summed E-state index contributed by atoms with van der Waals surface area (Å²) in [5.74, 6) is 0.559. The molecule has 154 valence electrons. The van der Waals surface area contributed by atoms with Gasteiger partial charge >= 0.3 is 11.1 Å². The van der Waals surface area contributed by atoms with E-state index in [-0.39, 0.29) is 5.54 Å². The quantitative estimate of drug-likeness (QED) is 0.612. The van der Waals surface area contributed by atoms with Gasteiger partial charge in [0.1, 0.15) is 0 Å². The maximum Gasteiger partial charge on any atom is 0.337 e. The second kappa shape index (κ2) is 7.21. The number of hydrogen-bond acceptors (Lipinski definition) is 6. The number of pyridine rings is 1. The van der Waals surface area contributed by atoms with Gasteiger partial charge in [0, 0.05) is 39.1 Å². The summed E-state index contributed by atoms with van der Waals surface area (Å²) in [5, 5.41) is 4.57. The molecule has 0 bridgehead atoms. The molecule has 8 heteroatoms. The lowest BCUT2D eigenvalue weighted by Gasteiger charge is -2.43. The van der Waals surface area contributed by atoms with Crippen LogP contribution >= 0.6 is 0 Å². The number of para-hydroxylation sites is 1. The van der Waals surface area contributed by atoms with Gasteiger partial charge in [-0.15, -0.1) is 5.10 Å². The van der Waals surface area contributed by atoms with Crippen LogP contribution in [0.3, 0.4) is 0 Å². The van der Waals surface area contributed by atoms with Gasteiger partial charge in [0.25, 0.3) is 0 Å². The van der Waals surface area contributed by atoms with E-state index >= 15 is 0 Å². The van der Waals surface area contributed by atoms with Crippen LogP contribution in [0.2, 0.25) is 0 Å². The molecule has 30 heavy (non-hydrogen) atoms. The van der Waals surface area contributed by atoms with Gasteiger partial charge in [-0.2, -0.15) is 4.68 Å². The molecule has 2 aromatic heterocycles. The average molecular weight is 404 g/mol. The molecule has 1 spiro atoms. The summed E-state index contributed by atoms with van der Waals surface area (Å²) in [6.07, 6.45) is 5.51. The second-order valence-corrected chi connectivity index (χ2v) is 8.16. The van der Waals surface area contributed by atoms with Crippen molar-refractivity contribution in [2.45, 2.75) is 31.5 Å². The summed E-state index contributed by atoms with van der Waals surface area (Å²) in [4.78, 5) is 34.3. The van der Waals surface area contributed by atoms with Gasteiger partial charge < -0.3 is 4.90 Å². The third kappa shape index (κ3) is 3.04. The highest BCUT2D eigenvalue weighted by Crippen LogP contribution is 2.37. The highest BCUT2D eigenvalue weighted by atomic mass is 16.2. The second-order valence-electron chi connectivity index (χ2n) is 8.16. The van der Waals surface area contributed by atoms with Crippen molar-refractivity contribution < 1.29 is 0 Å². The van der Waals surface area contributed by atoms with Crippen LogP contribution in [0.15, 0.2) is 64.4 Å². The van der Waals surface area contributed by atoms with Crippen LogP contribution in [0.25, 0.3) is 5.69 Å². The van der Waals surface area contributed by atoms with Gasteiger partial charge in [0.15, 0.2) is 0 Å². The Morgan fingerprint density at radius 2 is 1.77 bits per heavy atom. The predicted octanol–water partition coefficient (Wildman–Crippen LogP) is 1.27. The molecule has 0 amide bonds. The van der Waals surface area contributed by atoms with Crippen LogP contribution in [0.4, 0.5) is 5.95 Å². The molecule has 1 fully saturated rings. The number of anilines is 1. The van der Waals surface area contributed by atoms with Crippen molar-refractivity contribution in [2.24, 2.45) is 0 Å². The van der Waals surface area contributed by atoms with E-state index in [4.69, 9.17) is 0 Å². The van der Waals surface area contributed by atoms with Gasteiger partial charge in [0.2, 0.25) is 5.95 Å². The minimum Gasteiger partial charge on any atom is -0.336 e. The van der Waals surface area contributed by atoms with Gasteiger partial charge in [0.05, 0.1) is 17.8 Å². The lowest BCUT2D eigenvalue weighted by atomic mass is 9.87. The molecule has 0 atom stereocenters. The van der Waals surface area contributed by atoms with E-state index in [1.165, 1.54) is 10.2 Å². The number of aromatic nitrogens is 4. The summed E-state index contributed by atoms with van der Waals surface area (Å²) in [6, 6.07) is 13.2. The number of piperidine rings is 1. The third-order valence-corrected chi connectivity index (χ3v) is 6.43. The van der Waals surface area contributed by atoms with Gasteiger partial charge in [-0.1, -0.05) is 24.3 Å². The molecule has 1 saturated heterocycles. The fourth-order valence-electron chi connectivity index (χ4n) is 4.60. The van der Waals surface area contributed by atoms with Crippen molar-refractivity contribution in [3.8, 4) is 5.69 Å². The molecule has 8 nitrogen and oxygen atoms in total. The fourth-order valence-corrected chi connectivity index (χ4v) is 4.60. The maximum absolute atomic E-state index is 12.9. The predicted molar refractivity (Wildman–Crippen MR) is 114 cm³/mol. The number of rotatable bonds is 3. The largest absolute Gasteiger partial charge is 0.337 e. The molecule has 2 aliphatic heterocycles. The molecular weight excluding hydrogens is 380 g/mol. The van der Waals surface area contributed by atoms with E-state index in [1.54, 1.807) is 22.9 Å². The minimum absolute atomic E-state index is 0.188. The van der Waals surface area contributed by atoms with E-state index in [0.717, 1.165) is 32.5 Å². The van der Waals surface area contributed by atoms with Crippen LogP contribution in [0.5, 0.6) is 0 Å². The minimum atomic E-state index is -0.607. The first-order valence-corrected chi connectivity index (χ1v) is 10.2. The Morgan fingerprint density at radius 3 is 2.47 bits per heavy atom. The Labute approximate surface area is 174 Å². The monoisotopic (exact) mass is 404 g/mol. The smallest absolute Gasteiger partial charge is 0.336 e. The Kier molecular flexibility index (Phi) is 4.51. The summed E-state index contributed by atoms with van der Waals surface area (Å²) >= 11 is 0. The highest BCUT2D eigenvalue weighted by Gasteiger charge is 2.46. The lowest BCUT2D eigenvalue weighted by Crippen LogP contribution is -2.53. The summed E-state index contributed by atoms with van der Waals surface area (Å²) < 4.78 is 2.78. The van der Waals surface area contributed by atoms with Crippen LogP contribution in [-0.2, 0) is 13.1 Å². The Hall–Kier alpha value is -3.26. The summed E-state index contributed by atoms with van der Waals surface area (Å²) in [5.41, 5.74) is 0.500. The highest BCUT2D eigenvalue weighted by molar-refractivity contribution is 5.41. The van der Waals surface area contributed by atoms with Gasteiger partial charge in [-0.05, 0) is 36.6 Å². The van der Waals surface area contributed by atoms with E-state index < -0.39 is 11.1 Å². The zero-order valence-electron chi connectivity index (χ0n) is 16.9. The topological polar surface area (TPSA) is 76.3 Å². The molecule has 5 rings (SSSR count). The normalized spacial score (nSPS) is 18.0. The first-order valence-electron chi connectivity index (χ1n) is 10.2. The van der Waals surface area contributed by atoms with Crippen LogP contribution in [0, 0.1) is 0 Å². The molecule has 0 saturated carbocycles. The standard InChI is InChI=1S/C22H24N6O2/c1-25-21-24-28(18-7-3-2-4-8-18)20(30)19(29)27(21)16-22(25)9-12-26(13-10-22)15-17-6-5-11-23-14-17/h2-8,11,14H,9-10,12-13,15-16H2,1H3. The first kappa shape index (κ1) is 18.7. The number of nitrogens with zero attached hydrogens (tertiary/aromatic N) is 6. The molecule has 3 aromatic rings. The number of likely N-dealkylation sites (tertiary alicyclic amines) is 1. The molecule has 0 unspecified atom stereocenters. The third-order valence-electron chi connectivity index (χ3n) is 6.43. The van der Waals surface area contributed by atoms with Crippen LogP contribution < -0.4 is 16.0 Å². The molecule has 2 aliphatic rings. The first-order chi connectivity index (χ1) is 14.6.